The highest BCUT2D eigenvalue weighted by atomic mass is 16.5. The number of esters is 1. The first-order valence-electron chi connectivity index (χ1n) is 9.02. The Hall–Kier alpha value is -3.15. The molecule has 6 nitrogen and oxygen atoms in total. The quantitative estimate of drug-likeness (QED) is 0.669. The molecule has 0 radical (unpaired) electrons. The minimum atomic E-state index is -0.259. The van der Waals surface area contributed by atoms with Crippen LogP contribution < -0.4 is 10.5 Å². The van der Waals surface area contributed by atoms with Crippen LogP contribution in [0, 0.1) is 5.92 Å². The number of ether oxygens (including phenoxy) is 1. The van der Waals surface area contributed by atoms with E-state index in [-0.39, 0.29) is 23.4 Å². The number of benzene rings is 1. The molecule has 27 heavy (non-hydrogen) atoms. The van der Waals surface area contributed by atoms with Crippen LogP contribution in [0.25, 0.3) is 5.65 Å². The number of hydrogen-bond acceptors (Lipinski definition) is 5. The molecule has 0 aliphatic carbocycles. The highest BCUT2D eigenvalue weighted by molar-refractivity contribution is 5.73. The van der Waals surface area contributed by atoms with Crippen molar-refractivity contribution in [1.82, 2.24) is 9.38 Å². The average molecular weight is 363 g/mol. The van der Waals surface area contributed by atoms with Gasteiger partial charge in [0.15, 0.2) is 0 Å². The lowest BCUT2D eigenvalue weighted by Gasteiger charge is -2.37. The molecule has 0 spiro atoms. The average Bonchev–Trinajstić information content (AvgIpc) is 2.73. The van der Waals surface area contributed by atoms with Crippen molar-refractivity contribution < 1.29 is 9.53 Å². The number of anilines is 1. The molecule has 1 fully saturated rings. The standard InChI is InChI=1S/C21H21N3O3/c1-27-21(26)17-11-16(15-7-3-2-4-8-15)13-23(14-17)19-12-20(25)24-10-6-5-9-18(24)22-19/h2-10,12,16-17H,11,13-14H2,1H3. The number of fused-ring (bicyclic) bond motifs is 1. The molecule has 1 aliphatic rings. The van der Waals surface area contributed by atoms with Crippen molar-refractivity contribution in [2.45, 2.75) is 12.3 Å². The monoisotopic (exact) mass is 363 g/mol. The molecule has 0 N–H and O–H groups in total. The van der Waals surface area contributed by atoms with Crippen molar-refractivity contribution in [2.75, 3.05) is 25.1 Å². The first kappa shape index (κ1) is 17.3. The van der Waals surface area contributed by atoms with E-state index in [1.165, 1.54) is 23.1 Å². The van der Waals surface area contributed by atoms with Gasteiger partial charge in [0.25, 0.3) is 5.56 Å². The van der Waals surface area contributed by atoms with Crippen molar-refractivity contribution in [3.05, 3.63) is 76.7 Å². The van der Waals surface area contributed by atoms with Crippen LogP contribution in [0.15, 0.2) is 65.6 Å². The number of rotatable bonds is 3. The lowest BCUT2D eigenvalue weighted by Crippen LogP contribution is -2.43. The molecule has 0 bridgehead atoms. The Balaban J connectivity index is 1.72. The number of hydrogen-bond donors (Lipinski definition) is 0. The molecule has 0 saturated carbocycles. The summed E-state index contributed by atoms with van der Waals surface area (Å²) in [5, 5.41) is 0. The zero-order chi connectivity index (χ0) is 18.8. The number of pyridine rings is 1. The van der Waals surface area contributed by atoms with Crippen LogP contribution in [-0.2, 0) is 9.53 Å². The third-order valence-electron chi connectivity index (χ3n) is 5.14. The van der Waals surface area contributed by atoms with Crippen molar-refractivity contribution in [3.63, 3.8) is 0 Å². The summed E-state index contributed by atoms with van der Waals surface area (Å²) < 4.78 is 6.51. The van der Waals surface area contributed by atoms with Crippen LogP contribution in [0.5, 0.6) is 0 Å². The number of nitrogens with zero attached hydrogens (tertiary/aromatic N) is 3. The SMILES string of the molecule is COC(=O)C1CC(c2ccccc2)CN(c2cc(=O)n3ccccc3n2)C1. The molecular weight excluding hydrogens is 342 g/mol. The zero-order valence-corrected chi connectivity index (χ0v) is 15.1. The molecule has 138 valence electrons. The highest BCUT2D eigenvalue weighted by Gasteiger charge is 2.33. The topological polar surface area (TPSA) is 63.9 Å². The maximum absolute atomic E-state index is 12.5. The normalized spacial score (nSPS) is 19.8. The summed E-state index contributed by atoms with van der Waals surface area (Å²) in [6, 6.07) is 17.1. The van der Waals surface area contributed by atoms with E-state index in [0.29, 0.717) is 24.6 Å². The Kier molecular flexibility index (Phi) is 4.62. The minimum absolute atomic E-state index is 0.132. The van der Waals surface area contributed by atoms with Crippen LogP contribution in [0.1, 0.15) is 17.9 Å². The van der Waals surface area contributed by atoms with Crippen molar-refractivity contribution >= 4 is 17.4 Å². The van der Waals surface area contributed by atoms with E-state index < -0.39 is 0 Å². The Morgan fingerprint density at radius 1 is 1.11 bits per heavy atom. The lowest BCUT2D eigenvalue weighted by atomic mass is 9.84. The van der Waals surface area contributed by atoms with Crippen molar-refractivity contribution in [1.29, 1.82) is 0 Å². The van der Waals surface area contributed by atoms with Crippen LogP contribution in [-0.4, -0.2) is 35.6 Å². The Bertz CT molecular complexity index is 1020. The number of carbonyl (C=O) groups is 1. The van der Waals surface area contributed by atoms with Gasteiger partial charge >= 0.3 is 5.97 Å². The molecule has 2 unspecified atom stereocenters. The fourth-order valence-electron chi connectivity index (χ4n) is 3.79. The Labute approximate surface area is 157 Å². The van der Waals surface area contributed by atoms with Gasteiger partial charge in [-0.15, -0.1) is 0 Å². The number of aromatic nitrogens is 2. The fourth-order valence-corrected chi connectivity index (χ4v) is 3.79. The second-order valence-electron chi connectivity index (χ2n) is 6.85. The molecule has 1 aromatic carbocycles. The molecule has 3 heterocycles. The maximum Gasteiger partial charge on any atom is 0.310 e. The third-order valence-corrected chi connectivity index (χ3v) is 5.14. The second-order valence-corrected chi connectivity index (χ2v) is 6.85. The van der Waals surface area contributed by atoms with Crippen LogP contribution in [0.3, 0.4) is 0 Å². The van der Waals surface area contributed by atoms with Crippen LogP contribution >= 0.6 is 0 Å². The van der Waals surface area contributed by atoms with E-state index in [9.17, 15) is 9.59 Å². The van der Waals surface area contributed by atoms with Gasteiger partial charge in [-0.05, 0) is 24.1 Å². The second kappa shape index (κ2) is 7.23. The summed E-state index contributed by atoms with van der Waals surface area (Å²) in [6.07, 6.45) is 2.43. The lowest BCUT2D eigenvalue weighted by molar-refractivity contribution is -0.145. The summed E-state index contributed by atoms with van der Waals surface area (Å²) in [6.45, 7) is 1.19. The van der Waals surface area contributed by atoms with Gasteiger partial charge in [-0.2, -0.15) is 0 Å². The molecule has 1 saturated heterocycles. The molecule has 2 aromatic heterocycles. The molecule has 0 amide bonds. The first-order chi connectivity index (χ1) is 13.2. The van der Waals surface area contributed by atoms with Gasteiger partial charge in [-0.3, -0.25) is 14.0 Å². The minimum Gasteiger partial charge on any atom is -0.469 e. The molecule has 1 aliphatic heterocycles. The van der Waals surface area contributed by atoms with Gasteiger partial charge in [0.1, 0.15) is 11.5 Å². The largest absolute Gasteiger partial charge is 0.469 e. The Morgan fingerprint density at radius 2 is 1.89 bits per heavy atom. The fraction of sp³-hybridized carbons (Fsp3) is 0.286. The van der Waals surface area contributed by atoms with Crippen LogP contribution in [0.2, 0.25) is 0 Å². The van der Waals surface area contributed by atoms with Gasteiger partial charge in [-0.25, -0.2) is 4.98 Å². The Morgan fingerprint density at radius 3 is 2.67 bits per heavy atom. The molecule has 4 rings (SSSR count). The van der Waals surface area contributed by atoms with Crippen molar-refractivity contribution in [2.24, 2.45) is 5.92 Å². The van der Waals surface area contributed by atoms with Gasteiger partial charge in [-0.1, -0.05) is 36.4 Å². The first-order valence-corrected chi connectivity index (χ1v) is 9.02. The van der Waals surface area contributed by atoms with E-state index in [4.69, 9.17) is 4.74 Å². The summed E-state index contributed by atoms with van der Waals surface area (Å²) >= 11 is 0. The predicted octanol–water partition coefficient (Wildman–Crippen LogP) is 2.48. The highest BCUT2D eigenvalue weighted by Crippen LogP contribution is 2.32. The molecule has 2 atom stereocenters. The maximum atomic E-state index is 12.5. The van der Waals surface area contributed by atoms with E-state index >= 15 is 0 Å². The van der Waals surface area contributed by atoms with E-state index in [0.717, 1.165) is 6.42 Å². The summed E-state index contributed by atoms with van der Waals surface area (Å²) in [4.78, 5) is 31.4. The summed E-state index contributed by atoms with van der Waals surface area (Å²) in [5.41, 5.74) is 1.64. The van der Waals surface area contributed by atoms with Gasteiger partial charge in [0.05, 0.1) is 13.0 Å². The van der Waals surface area contributed by atoms with Gasteiger partial charge in [0.2, 0.25) is 0 Å². The van der Waals surface area contributed by atoms with Gasteiger partial charge < -0.3 is 9.64 Å². The van der Waals surface area contributed by atoms with Crippen LogP contribution in [0.4, 0.5) is 5.82 Å². The number of methoxy groups -OCH3 is 1. The summed E-state index contributed by atoms with van der Waals surface area (Å²) in [7, 11) is 1.42. The summed E-state index contributed by atoms with van der Waals surface area (Å²) in [5.74, 6) is 0.281. The molecule has 6 heteroatoms. The molecule has 3 aromatic rings. The number of carbonyl (C=O) groups excluding carboxylic acids is 1. The smallest absolute Gasteiger partial charge is 0.310 e. The molecular formula is C21H21N3O3. The van der Waals surface area contributed by atoms with E-state index in [1.54, 1.807) is 18.3 Å². The zero-order valence-electron chi connectivity index (χ0n) is 15.1. The van der Waals surface area contributed by atoms with Gasteiger partial charge in [0, 0.05) is 31.3 Å². The van der Waals surface area contributed by atoms with E-state index in [2.05, 4.69) is 17.1 Å². The van der Waals surface area contributed by atoms with Crippen molar-refractivity contribution in [3.8, 4) is 0 Å². The number of piperidine rings is 1. The van der Waals surface area contributed by atoms with E-state index in [1.807, 2.05) is 29.2 Å². The predicted molar refractivity (Wildman–Crippen MR) is 103 cm³/mol. The third kappa shape index (κ3) is 3.43.